The highest BCUT2D eigenvalue weighted by Gasteiger charge is 2.23. The maximum Gasteiger partial charge on any atom is 0.325 e. The van der Waals surface area contributed by atoms with Gasteiger partial charge in [-0.25, -0.2) is 0 Å². The molecule has 1 amide bonds. The molecule has 0 aliphatic heterocycles. The average Bonchev–Trinajstić information content (AvgIpc) is 3.36. The Kier molecular flexibility index (Phi) is 5.13. The number of carbonyl (C=O) groups is 2. The van der Waals surface area contributed by atoms with Crippen LogP contribution in [0.25, 0.3) is 5.69 Å². The van der Waals surface area contributed by atoms with Crippen LogP contribution in [0, 0.1) is 19.8 Å². The number of esters is 1. The number of halogens is 1. The molecular formula is C19H21ClN2O3. The van der Waals surface area contributed by atoms with Crippen LogP contribution in [0.15, 0.2) is 30.3 Å². The first kappa shape index (κ1) is 17.5. The van der Waals surface area contributed by atoms with E-state index in [2.05, 4.69) is 5.32 Å². The minimum Gasteiger partial charge on any atom is -0.464 e. The smallest absolute Gasteiger partial charge is 0.325 e. The van der Waals surface area contributed by atoms with Crippen molar-refractivity contribution >= 4 is 23.5 Å². The lowest BCUT2D eigenvalue weighted by Gasteiger charge is -2.12. The van der Waals surface area contributed by atoms with Crippen LogP contribution in [0.2, 0.25) is 5.02 Å². The molecule has 5 nitrogen and oxygen atoms in total. The summed E-state index contributed by atoms with van der Waals surface area (Å²) in [4.78, 5) is 24.1. The Bertz CT molecular complexity index is 789. The highest BCUT2D eigenvalue weighted by Crippen LogP contribution is 2.28. The Morgan fingerprint density at radius 3 is 2.52 bits per heavy atom. The van der Waals surface area contributed by atoms with Crippen LogP contribution in [-0.4, -0.2) is 29.6 Å². The third-order valence-electron chi connectivity index (χ3n) is 4.29. The lowest BCUT2D eigenvalue weighted by Crippen LogP contribution is -2.31. The number of aryl methyl sites for hydroxylation is 2. The number of rotatable bonds is 6. The molecule has 1 aromatic carbocycles. The summed E-state index contributed by atoms with van der Waals surface area (Å²) in [7, 11) is 0. The highest BCUT2D eigenvalue weighted by molar-refractivity contribution is 6.34. The fraction of sp³-hybridized carbons (Fsp3) is 0.368. The van der Waals surface area contributed by atoms with Gasteiger partial charge in [-0.1, -0.05) is 11.6 Å². The van der Waals surface area contributed by atoms with Gasteiger partial charge in [0.1, 0.15) is 6.54 Å². The maximum atomic E-state index is 12.4. The summed E-state index contributed by atoms with van der Waals surface area (Å²) in [5, 5.41) is 2.92. The van der Waals surface area contributed by atoms with E-state index in [1.807, 2.05) is 36.6 Å². The summed E-state index contributed by atoms with van der Waals surface area (Å²) in [5.74, 6) is -0.318. The molecule has 132 valence electrons. The molecule has 25 heavy (non-hydrogen) atoms. The first-order valence-electron chi connectivity index (χ1n) is 8.34. The molecule has 1 heterocycles. The number of hydrogen-bond donors (Lipinski definition) is 1. The Morgan fingerprint density at radius 2 is 1.88 bits per heavy atom. The van der Waals surface area contributed by atoms with Gasteiger partial charge in [0.2, 0.25) is 0 Å². The first-order valence-corrected chi connectivity index (χ1v) is 8.72. The normalized spacial score (nSPS) is 13.6. The molecule has 2 aromatic rings. The number of aromatic nitrogens is 1. The molecule has 0 spiro atoms. The van der Waals surface area contributed by atoms with E-state index in [4.69, 9.17) is 16.3 Å². The van der Waals surface area contributed by atoms with Gasteiger partial charge < -0.3 is 14.6 Å². The van der Waals surface area contributed by atoms with Crippen molar-refractivity contribution in [2.75, 3.05) is 13.2 Å². The monoisotopic (exact) mass is 360 g/mol. The van der Waals surface area contributed by atoms with E-state index in [9.17, 15) is 9.59 Å². The van der Waals surface area contributed by atoms with Gasteiger partial charge in [-0.05, 0) is 62.9 Å². The van der Waals surface area contributed by atoms with Crippen molar-refractivity contribution in [3.63, 3.8) is 0 Å². The van der Waals surface area contributed by atoms with Gasteiger partial charge in [-0.2, -0.15) is 0 Å². The fourth-order valence-electron chi connectivity index (χ4n) is 2.70. The molecular weight excluding hydrogens is 340 g/mol. The van der Waals surface area contributed by atoms with Crippen molar-refractivity contribution in [1.29, 1.82) is 0 Å². The van der Waals surface area contributed by atoms with Crippen LogP contribution in [0.5, 0.6) is 0 Å². The van der Waals surface area contributed by atoms with Crippen molar-refractivity contribution in [3.05, 3.63) is 52.3 Å². The van der Waals surface area contributed by atoms with Crippen LogP contribution in [0.1, 0.15) is 34.6 Å². The second kappa shape index (κ2) is 7.31. The number of hydrogen-bond acceptors (Lipinski definition) is 3. The van der Waals surface area contributed by atoms with E-state index in [0.29, 0.717) is 23.1 Å². The van der Waals surface area contributed by atoms with Crippen molar-refractivity contribution in [1.82, 2.24) is 9.88 Å². The highest BCUT2D eigenvalue weighted by atomic mass is 35.5. The average molecular weight is 361 g/mol. The van der Waals surface area contributed by atoms with Gasteiger partial charge >= 0.3 is 5.97 Å². The summed E-state index contributed by atoms with van der Waals surface area (Å²) in [6, 6.07) is 9.31. The second-order valence-electron chi connectivity index (χ2n) is 6.42. The Hall–Kier alpha value is -2.27. The van der Waals surface area contributed by atoms with E-state index >= 15 is 0 Å². The van der Waals surface area contributed by atoms with Crippen LogP contribution in [0.4, 0.5) is 0 Å². The van der Waals surface area contributed by atoms with Crippen molar-refractivity contribution < 1.29 is 14.3 Å². The number of carbonyl (C=O) groups excluding carboxylic acids is 2. The van der Waals surface area contributed by atoms with Gasteiger partial charge in [0.15, 0.2) is 0 Å². The van der Waals surface area contributed by atoms with E-state index in [-0.39, 0.29) is 6.54 Å². The number of benzene rings is 1. The SMILES string of the molecule is Cc1ccc(C)n1-c1ccc(Cl)c(C(=O)NCC(=O)OCC2CC2)c1. The zero-order chi connectivity index (χ0) is 18.0. The van der Waals surface area contributed by atoms with Crippen LogP contribution in [0.3, 0.4) is 0 Å². The van der Waals surface area contributed by atoms with Gasteiger partial charge in [-0.3, -0.25) is 9.59 Å². The minimum atomic E-state index is -0.426. The number of nitrogens with zero attached hydrogens (tertiary/aromatic N) is 1. The van der Waals surface area contributed by atoms with Crippen molar-refractivity contribution in [2.45, 2.75) is 26.7 Å². The van der Waals surface area contributed by atoms with Gasteiger partial charge in [0, 0.05) is 17.1 Å². The maximum absolute atomic E-state index is 12.4. The number of ether oxygens (including phenoxy) is 1. The van der Waals surface area contributed by atoms with E-state index < -0.39 is 11.9 Å². The lowest BCUT2D eigenvalue weighted by atomic mass is 10.1. The van der Waals surface area contributed by atoms with Gasteiger partial charge in [-0.15, -0.1) is 0 Å². The Morgan fingerprint density at radius 1 is 1.20 bits per heavy atom. The number of nitrogens with one attached hydrogen (secondary N) is 1. The van der Waals surface area contributed by atoms with Crippen molar-refractivity contribution in [2.24, 2.45) is 5.92 Å². The third kappa shape index (κ3) is 4.23. The molecule has 1 aliphatic rings. The standard InChI is InChI=1S/C19H21ClN2O3/c1-12-3-4-13(2)22(12)15-7-8-17(20)16(9-15)19(24)21-10-18(23)25-11-14-5-6-14/h3-4,7-9,14H,5-6,10-11H2,1-2H3,(H,21,24). The zero-order valence-corrected chi connectivity index (χ0v) is 15.1. The summed E-state index contributed by atoms with van der Waals surface area (Å²) in [6.07, 6.45) is 2.22. The molecule has 0 saturated heterocycles. The topological polar surface area (TPSA) is 60.3 Å². The van der Waals surface area contributed by atoms with Gasteiger partial charge in [0.25, 0.3) is 5.91 Å². The molecule has 0 atom stereocenters. The van der Waals surface area contributed by atoms with Crippen LogP contribution in [-0.2, 0) is 9.53 Å². The number of amides is 1. The van der Waals surface area contributed by atoms with E-state index in [1.165, 1.54) is 0 Å². The minimum absolute atomic E-state index is 0.159. The third-order valence-corrected chi connectivity index (χ3v) is 4.62. The summed E-state index contributed by atoms with van der Waals surface area (Å²) in [5.41, 5.74) is 3.32. The first-order chi connectivity index (χ1) is 12.0. The largest absolute Gasteiger partial charge is 0.464 e. The summed E-state index contributed by atoms with van der Waals surface area (Å²) >= 11 is 6.17. The van der Waals surface area contributed by atoms with E-state index in [0.717, 1.165) is 29.9 Å². The molecule has 1 aromatic heterocycles. The molecule has 1 saturated carbocycles. The molecule has 0 radical (unpaired) electrons. The summed E-state index contributed by atoms with van der Waals surface area (Å²) in [6.45, 7) is 4.28. The molecule has 1 fully saturated rings. The summed E-state index contributed by atoms with van der Waals surface area (Å²) < 4.78 is 7.14. The zero-order valence-electron chi connectivity index (χ0n) is 14.3. The van der Waals surface area contributed by atoms with Crippen molar-refractivity contribution in [3.8, 4) is 5.69 Å². The fourth-order valence-corrected chi connectivity index (χ4v) is 2.90. The molecule has 0 unspecified atom stereocenters. The predicted octanol–water partition coefficient (Wildman–Crippen LogP) is 3.43. The van der Waals surface area contributed by atoms with Gasteiger partial charge in [0.05, 0.1) is 17.2 Å². The second-order valence-corrected chi connectivity index (χ2v) is 6.83. The van der Waals surface area contributed by atoms with Crippen LogP contribution >= 0.6 is 11.6 Å². The quantitative estimate of drug-likeness (QED) is 0.803. The molecule has 0 bridgehead atoms. The van der Waals surface area contributed by atoms with E-state index in [1.54, 1.807) is 12.1 Å². The lowest BCUT2D eigenvalue weighted by molar-refractivity contribution is -0.142. The molecule has 1 N–H and O–H groups in total. The molecule has 6 heteroatoms. The molecule has 3 rings (SSSR count). The Labute approximate surface area is 151 Å². The predicted molar refractivity (Wildman–Crippen MR) is 96.3 cm³/mol. The van der Waals surface area contributed by atoms with Crippen LogP contribution < -0.4 is 5.32 Å². The molecule has 1 aliphatic carbocycles. The Balaban J connectivity index is 1.69.